The van der Waals surface area contributed by atoms with E-state index in [1.54, 1.807) is 0 Å². The Balaban J connectivity index is 1.73. The highest BCUT2D eigenvalue weighted by Crippen LogP contribution is 2.36. The number of fused-ring (bicyclic) bond motifs is 2. The summed E-state index contributed by atoms with van der Waals surface area (Å²) >= 11 is 0. The van der Waals surface area contributed by atoms with Crippen LogP contribution in [0.3, 0.4) is 0 Å². The summed E-state index contributed by atoms with van der Waals surface area (Å²) in [6.07, 6.45) is 0. The molecule has 0 saturated heterocycles. The first kappa shape index (κ1) is 13.9. The second-order valence-corrected chi connectivity index (χ2v) is 6.15. The number of anilines is 3. The first-order valence-electron chi connectivity index (χ1n) is 8.39. The SMILES string of the molecule is c1ccc(N(c2cc3ccccc3[nH]2)c2cc3ccccc3[nH]2)cc1. The van der Waals surface area contributed by atoms with Crippen LogP contribution < -0.4 is 4.90 Å². The van der Waals surface area contributed by atoms with E-state index >= 15 is 0 Å². The van der Waals surface area contributed by atoms with Crippen molar-refractivity contribution in [2.24, 2.45) is 0 Å². The Morgan fingerprint density at radius 1 is 0.520 bits per heavy atom. The molecule has 3 aromatic carbocycles. The highest BCUT2D eigenvalue weighted by atomic mass is 15.2. The van der Waals surface area contributed by atoms with Crippen LogP contribution in [0.4, 0.5) is 17.3 Å². The van der Waals surface area contributed by atoms with Crippen molar-refractivity contribution in [2.75, 3.05) is 4.90 Å². The van der Waals surface area contributed by atoms with E-state index in [1.165, 1.54) is 10.8 Å². The maximum Gasteiger partial charge on any atom is 0.117 e. The van der Waals surface area contributed by atoms with Crippen LogP contribution in [0.25, 0.3) is 21.8 Å². The van der Waals surface area contributed by atoms with E-state index in [0.29, 0.717) is 0 Å². The number of nitrogens with one attached hydrogen (secondary N) is 2. The predicted octanol–water partition coefficient (Wildman–Crippen LogP) is 6.12. The molecule has 0 atom stereocenters. The van der Waals surface area contributed by atoms with Gasteiger partial charge in [0.2, 0.25) is 0 Å². The Bertz CT molecular complexity index is 1010. The molecular formula is C22H17N3. The molecule has 0 saturated carbocycles. The number of aromatic nitrogens is 2. The normalized spacial score (nSPS) is 11.2. The first-order valence-corrected chi connectivity index (χ1v) is 8.39. The summed E-state index contributed by atoms with van der Waals surface area (Å²) in [6.45, 7) is 0. The monoisotopic (exact) mass is 323 g/mol. The average Bonchev–Trinajstić information content (AvgIpc) is 3.26. The van der Waals surface area contributed by atoms with E-state index in [0.717, 1.165) is 28.4 Å². The van der Waals surface area contributed by atoms with E-state index < -0.39 is 0 Å². The molecule has 3 nitrogen and oxygen atoms in total. The van der Waals surface area contributed by atoms with Crippen LogP contribution in [0.15, 0.2) is 91.0 Å². The van der Waals surface area contributed by atoms with Gasteiger partial charge in [-0.1, -0.05) is 54.6 Å². The van der Waals surface area contributed by atoms with Crippen LogP contribution in [0, 0.1) is 0 Å². The number of hydrogen-bond donors (Lipinski definition) is 2. The second-order valence-electron chi connectivity index (χ2n) is 6.15. The Hall–Kier alpha value is -3.46. The fourth-order valence-corrected chi connectivity index (χ4v) is 3.34. The molecule has 0 fully saturated rings. The summed E-state index contributed by atoms with van der Waals surface area (Å²) in [5.74, 6) is 2.08. The molecule has 3 heteroatoms. The minimum absolute atomic E-state index is 1.04. The number of aromatic amines is 2. The lowest BCUT2D eigenvalue weighted by atomic mass is 10.2. The van der Waals surface area contributed by atoms with Crippen molar-refractivity contribution < 1.29 is 0 Å². The highest BCUT2D eigenvalue weighted by molar-refractivity contribution is 5.91. The van der Waals surface area contributed by atoms with E-state index in [1.807, 2.05) is 6.07 Å². The highest BCUT2D eigenvalue weighted by Gasteiger charge is 2.16. The third-order valence-corrected chi connectivity index (χ3v) is 4.53. The van der Waals surface area contributed by atoms with Crippen molar-refractivity contribution in [3.63, 3.8) is 0 Å². The standard InChI is InChI=1S/C22H17N3/c1-2-10-18(11-3-1)25(21-14-16-8-4-6-12-19(16)23-21)22-15-17-9-5-7-13-20(17)24-22/h1-15,23-24H. The zero-order chi connectivity index (χ0) is 16.6. The van der Waals surface area contributed by atoms with Crippen molar-refractivity contribution in [2.45, 2.75) is 0 Å². The molecule has 2 aromatic heterocycles. The Morgan fingerprint density at radius 2 is 1.00 bits per heavy atom. The van der Waals surface area contributed by atoms with Gasteiger partial charge in [-0.3, -0.25) is 4.90 Å². The first-order chi connectivity index (χ1) is 12.4. The number of hydrogen-bond acceptors (Lipinski definition) is 1. The molecule has 0 aliphatic heterocycles. The molecular weight excluding hydrogens is 306 g/mol. The number of rotatable bonds is 3. The maximum atomic E-state index is 3.54. The summed E-state index contributed by atoms with van der Waals surface area (Å²) in [5, 5.41) is 2.41. The van der Waals surface area contributed by atoms with Gasteiger partial charge in [-0.2, -0.15) is 0 Å². The van der Waals surface area contributed by atoms with Crippen LogP contribution in [0.1, 0.15) is 0 Å². The lowest BCUT2D eigenvalue weighted by molar-refractivity contribution is 1.18. The quantitative estimate of drug-likeness (QED) is 0.412. The number of benzene rings is 3. The Morgan fingerprint density at radius 3 is 1.52 bits per heavy atom. The third kappa shape index (κ3) is 2.37. The second kappa shape index (κ2) is 5.56. The summed E-state index contributed by atoms with van der Waals surface area (Å²) < 4.78 is 0. The molecule has 5 aromatic rings. The molecule has 5 rings (SSSR count). The summed E-state index contributed by atoms with van der Waals surface area (Å²) in [5.41, 5.74) is 3.38. The molecule has 0 bridgehead atoms. The molecule has 2 heterocycles. The van der Waals surface area contributed by atoms with Gasteiger partial charge in [-0.15, -0.1) is 0 Å². The van der Waals surface area contributed by atoms with Gasteiger partial charge in [-0.05, 0) is 36.4 Å². The van der Waals surface area contributed by atoms with E-state index in [2.05, 4.69) is 99.8 Å². The molecule has 0 spiro atoms. The van der Waals surface area contributed by atoms with Gasteiger partial charge < -0.3 is 9.97 Å². The molecule has 2 N–H and O–H groups in total. The molecule has 25 heavy (non-hydrogen) atoms. The number of H-pyrrole nitrogens is 2. The fourth-order valence-electron chi connectivity index (χ4n) is 3.34. The van der Waals surface area contributed by atoms with Crippen molar-refractivity contribution in [1.82, 2.24) is 9.97 Å². The van der Waals surface area contributed by atoms with Gasteiger partial charge in [0.1, 0.15) is 11.6 Å². The van der Waals surface area contributed by atoms with Gasteiger partial charge in [0.05, 0.1) is 0 Å². The van der Waals surface area contributed by atoms with Gasteiger partial charge in [0, 0.05) is 27.5 Å². The average molecular weight is 323 g/mol. The topological polar surface area (TPSA) is 34.8 Å². The Labute approximate surface area is 145 Å². The van der Waals surface area contributed by atoms with Crippen molar-refractivity contribution in [1.29, 1.82) is 0 Å². The van der Waals surface area contributed by atoms with Crippen LogP contribution in [0.5, 0.6) is 0 Å². The number of nitrogens with zero attached hydrogens (tertiary/aromatic N) is 1. The minimum Gasteiger partial charge on any atom is -0.341 e. The lowest BCUT2D eigenvalue weighted by Crippen LogP contribution is -2.10. The zero-order valence-electron chi connectivity index (χ0n) is 13.6. The molecule has 0 unspecified atom stereocenters. The molecule has 0 aliphatic carbocycles. The van der Waals surface area contributed by atoms with E-state index in [9.17, 15) is 0 Å². The van der Waals surface area contributed by atoms with Crippen LogP contribution in [0.2, 0.25) is 0 Å². The summed E-state index contributed by atoms with van der Waals surface area (Å²) in [4.78, 5) is 9.31. The molecule has 0 aliphatic rings. The van der Waals surface area contributed by atoms with E-state index in [4.69, 9.17) is 0 Å². The summed E-state index contributed by atoms with van der Waals surface area (Å²) in [6, 6.07) is 31.5. The van der Waals surface area contributed by atoms with Crippen LogP contribution in [-0.2, 0) is 0 Å². The van der Waals surface area contributed by atoms with Gasteiger partial charge >= 0.3 is 0 Å². The number of para-hydroxylation sites is 3. The van der Waals surface area contributed by atoms with Crippen molar-refractivity contribution in [3.05, 3.63) is 91.0 Å². The fraction of sp³-hybridized carbons (Fsp3) is 0. The van der Waals surface area contributed by atoms with Crippen molar-refractivity contribution >= 4 is 39.1 Å². The Kier molecular flexibility index (Phi) is 3.10. The molecule has 0 radical (unpaired) electrons. The van der Waals surface area contributed by atoms with Gasteiger partial charge in [0.25, 0.3) is 0 Å². The van der Waals surface area contributed by atoms with Crippen LogP contribution in [-0.4, -0.2) is 9.97 Å². The van der Waals surface area contributed by atoms with Crippen LogP contribution >= 0.6 is 0 Å². The lowest BCUT2D eigenvalue weighted by Gasteiger charge is -2.21. The molecule has 0 amide bonds. The van der Waals surface area contributed by atoms with E-state index in [-0.39, 0.29) is 0 Å². The van der Waals surface area contributed by atoms with Gasteiger partial charge in [0.15, 0.2) is 0 Å². The van der Waals surface area contributed by atoms with Gasteiger partial charge in [-0.25, -0.2) is 0 Å². The third-order valence-electron chi connectivity index (χ3n) is 4.53. The summed E-state index contributed by atoms with van der Waals surface area (Å²) in [7, 11) is 0. The maximum absolute atomic E-state index is 3.54. The minimum atomic E-state index is 1.04. The zero-order valence-corrected chi connectivity index (χ0v) is 13.6. The smallest absolute Gasteiger partial charge is 0.117 e. The predicted molar refractivity (Wildman–Crippen MR) is 105 cm³/mol. The van der Waals surface area contributed by atoms with Crippen molar-refractivity contribution in [3.8, 4) is 0 Å². The molecule has 120 valence electrons. The largest absolute Gasteiger partial charge is 0.341 e.